The van der Waals surface area contributed by atoms with Crippen LogP contribution >= 0.6 is 11.8 Å². The molecule has 0 bridgehead atoms. The van der Waals surface area contributed by atoms with Crippen LogP contribution in [0.25, 0.3) is 0 Å². The van der Waals surface area contributed by atoms with Crippen molar-refractivity contribution in [3.8, 4) is 0 Å². The molecule has 0 atom stereocenters. The molecule has 0 unspecified atom stereocenters. The van der Waals surface area contributed by atoms with Crippen molar-refractivity contribution in [3.05, 3.63) is 36.3 Å². The molecule has 0 spiro atoms. The van der Waals surface area contributed by atoms with Gasteiger partial charge in [0, 0.05) is 4.91 Å². The van der Waals surface area contributed by atoms with Crippen LogP contribution in [-0.2, 0) is 0 Å². The molecular formula is C10H14N2OS. The Labute approximate surface area is 88.1 Å². The minimum Gasteiger partial charge on any atom is -0.409 e. The van der Waals surface area contributed by atoms with Gasteiger partial charge in [0.1, 0.15) is 0 Å². The van der Waals surface area contributed by atoms with Crippen LogP contribution in [0.1, 0.15) is 12.8 Å². The third-order valence-electron chi connectivity index (χ3n) is 2.08. The van der Waals surface area contributed by atoms with Crippen LogP contribution in [0.2, 0.25) is 0 Å². The summed E-state index contributed by atoms with van der Waals surface area (Å²) in [6.45, 7) is 7.31. The zero-order valence-corrected chi connectivity index (χ0v) is 8.76. The van der Waals surface area contributed by atoms with E-state index in [4.69, 9.17) is 10.9 Å². The van der Waals surface area contributed by atoms with Gasteiger partial charge in [0.15, 0.2) is 5.84 Å². The number of nitrogens with two attached hydrogens (primary N) is 1. The maximum atomic E-state index is 8.61. The minimum atomic E-state index is -0.211. The molecule has 0 aliphatic heterocycles. The van der Waals surface area contributed by atoms with Gasteiger partial charge in [-0.2, -0.15) is 0 Å². The lowest BCUT2D eigenvalue weighted by Crippen LogP contribution is -2.27. The highest BCUT2D eigenvalue weighted by atomic mass is 32.2. The van der Waals surface area contributed by atoms with Gasteiger partial charge in [0.05, 0.1) is 4.75 Å². The Hall–Kier alpha value is -1.16. The van der Waals surface area contributed by atoms with Crippen molar-refractivity contribution in [2.24, 2.45) is 10.9 Å². The van der Waals surface area contributed by atoms with Crippen LogP contribution in [0, 0.1) is 0 Å². The van der Waals surface area contributed by atoms with Gasteiger partial charge < -0.3 is 10.9 Å². The summed E-state index contributed by atoms with van der Waals surface area (Å²) < 4.78 is -0.211. The number of rotatable bonds is 5. The zero-order valence-electron chi connectivity index (χ0n) is 7.94. The normalized spacial score (nSPS) is 20.3. The predicted molar refractivity (Wildman–Crippen MR) is 61.4 cm³/mol. The van der Waals surface area contributed by atoms with Gasteiger partial charge in [-0.1, -0.05) is 30.5 Å². The lowest BCUT2D eigenvalue weighted by atomic mass is 10.4. The van der Waals surface area contributed by atoms with E-state index in [0.29, 0.717) is 5.84 Å². The molecule has 1 fully saturated rings. The van der Waals surface area contributed by atoms with Crippen molar-refractivity contribution in [1.82, 2.24) is 0 Å². The monoisotopic (exact) mass is 210 g/mol. The summed E-state index contributed by atoms with van der Waals surface area (Å²) in [7, 11) is 0. The van der Waals surface area contributed by atoms with E-state index in [1.54, 1.807) is 23.9 Å². The molecular weight excluding hydrogens is 196 g/mol. The van der Waals surface area contributed by atoms with E-state index in [1.165, 1.54) is 0 Å². The Balaban J connectivity index is 2.72. The number of hydrogen-bond acceptors (Lipinski definition) is 3. The molecule has 14 heavy (non-hydrogen) atoms. The van der Waals surface area contributed by atoms with Gasteiger partial charge in [0.25, 0.3) is 0 Å². The molecule has 0 aromatic rings. The van der Waals surface area contributed by atoms with Crippen LogP contribution in [0.15, 0.2) is 41.4 Å². The molecule has 1 saturated carbocycles. The van der Waals surface area contributed by atoms with Gasteiger partial charge in [-0.3, -0.25) is 0 Å². The van der Waals surface area contributed by atoms with E-state index in [1.807, 2.05) is 6.08 Å². The first-order chi connectivity index (χ1) is 6.68. The van der Waals surface area contributed by atoms with Crippen LogP contribution < -0.4 is 5.73 Å². The summed E-state index contributed by atoms with van der Waals surface area (Å²) in [6, 6.07) is 0. The highest BCUT2D eigenvalue weighted by molar-refractivity contribution is 8.05. The summed E-state index contributed by atoms with van der Waals surface area (Å²) in [5.74, 6) is 0.291. The maximum Gasteiger partial charge on any atom is 0.155 e. The standard InChI is InChI=1S/C10H14N2OS/c1-3-5-8(4-2)14-10(6-7-10)9(11)12-13/h3-5,13H,1-2,6-7H2,(H2,11,12)/b8-5+. The lowest BCUT2D eigenvalue weighted by molar-refractivity contribution is 0.317. The molecule has 0 aromatic carbocycles. The molecule has 1 aliphatic carbocycles. The second-order valence-corrected chi connectivity index (χ2v) is 4.55. The van der Waals surface area contributed by atoms with Crippen LogP contribution in [0.5, 0.6) is 0 Å². The SMILES string of the molecule is C=C/C=C(\C=C)SC1(/C(N)=N/O)CC1. The third kappa shape index (κ3) is 2.20. The van der Waals surface area contributed by atoms with E-state index in [0.717, 1.165) is 17.7 Å². The quantitative estimate of drug-likeness (QED) is 0.240. The second-order valence-electron chi connectivity index (χ2n) is 3.09. The van der Waals surface area contributed by atoms with Gasteiger partial charge in [-0.15, -0.1) is 11.8 Å². The molecule has 1 rings (SSSR count). The molecule has 76 valence electrons. The van der Waals surface area contributed by atoms with Crippen molar-refractivity contribution >= 4 is 17.6 Å². The Morgan fingerprint density at radius 2 is 2.14 bits per heavy atom. The molecule has 0 saturated heterocycles. The van der Waals surface area contributed by atoms with Gasteiger partial charge in [-0.05, 0) is 18.9 Å². The van der Waals surface area contributed by atoms with Gasteiger partial charge in [-0.25, -0.2) is 0 Å². The molecule has 0 amide bonds. The first kappa shape index (κ1) is 10.9. The van der Waals surface area contributed by atoms with Crippen molar-refractivity contribution in [2.75, 3.05) is 0 Å². The fraction of sp³-hybridized carbons (Fsp3) is 0.300. The first-order valence-electron chi connectivity index (χ1n) is 4.30. The number of amidine groups is 1. The molecule has 3 nitrogen and oxygen atoms in total. The Morgan fingerprint density at radius 1 is 1.50 bits per heavy atom. The van der Waals surface area contributed by atoms with E-state index >= 15 is 0 Å². The third-order valence-corrected chi connectivity index (χ3v) is 3.62. The highest BCUT2D eigenvalue weighted by Crippen LogP contribution is 2.51. The molecule has 0 radical (unpaired) electrons. The predicted octanol–water partition coefficient (Wildman–Crippen LogP) is 2.25. The smallest absolute Gasteiger partial charge is 0.155 e. The fourth-order valence-electron chi connectivity index (χ4n) is 1.10. The van der Waals surface area contributed by atoms with Crippen molar-refractivity contribution < 1.29 is 5.21 Å². The Bertz CT molecular complexity index is 303. The maximum absolute atomic E-state index is 8.61. The average Bonchev–Trinajstić information content (AvgIpc) is 2.97. The summed E-state index contributed by atoms with van der Waals surface area (Å²) in [6.07, 6.45) is 7.19. The summed E-state index contributed by atoms with van der Waals surface area (Å²) in [5.41, 5.74) is 5.60. The highest BCUT2D eigenvalue weighted by Gasteiger charge is 2.48. The second kappa shape index (κ2) is 4.37. The fourth-order valence-corrected chi connectivity index (χ4v) is 2.25. The van der Waals surface area contributed by atoms with Gasteiger partial charge >= 0.3 is 0 Å². The van der Waals surface area contributed by atoms with E-state index < -0.39 is 0 Å². The Kier molecular flexibility index (Phi) is 3.41. The number of thioether (sulfide) groups is 1. The van der Waals surface area contributed by atoms with Gasteiger partial charge in [0.2, 0.25) is 0 Å². The van der Waals surface area contributed by atoms with Crippen molar-refractivity contribution in [1.29, 1.82) is 0 Å². The molecule has 1 aliphatic rings. The van der Waals surface area contributed by atoms with Crippen LogP contribution in [-0.4, -0.2) is 15.8 Å². The Morgan fingerprint density at radius 3 is 2.50 bits per heavy atom. The first-order valence-corrected chi connectivity index (χ1v) is 5.12. The van der Waals surface area contributed by atoms with E-state index in [-0.39, 0.29) is 4.75 Å². The average molecular weight is 210 g/mol. The van der Waals surface area contributed by atoms with E-state index in [9.17, 15) is 0 Å². The molecule has 4 heteroatoms. The topological polar surface area (TPSA) is 58.6 Å². The zero-order chi connectivity index (χ0) is 10.6. The van der Waals surface area contributed by atoms with Crippen LogP contribution in [0.3, 0.4) is 0 Å². The largest absolute Gasteiger partial charge is 0.409 e. The number of nitrogens with zero attached hydrogens (tertiary/aromatic N) is 1. The molecule has 0 aromatic heterocycles. The number of oxime groups is 1. The molecule has 3 N–H and O–H groups in total. The molecule has 0 heterocycles. The summed E-state index contributed by atoms with van der Waals surface area (Å²) >= 11 is 1.57. The van der Waals surface area contributed by atoms with Crippen molar-refractivity contribution in [2.45, 2.75) is 17.6 Å². The summed E-state index contributed by atoms with van der Waals surface area (Å²) in [5, 5.41) is 11.7. The minimum absolute atomic E-state index is 0.211. The number of hydrogen-bond donors (Lipinski definition) is 2. The lowest BCUT2D eigenvalue weighted by Gasteiger charge is -2.12. The van der Waals surface area contributed by atoms with Crippen molar-refractivity contribution in [3.63, 3.8) is 0 Å². The van der Waals surface area contributed by atoms with Crippen LogP contribution in [0.4, 0.5) is 0 Å². The number of allylic oxidation sites excluding steroid dienone is 3. The summed E-state index contributed by atoms with van der Waals surface area (Å²) in [4.78, 5) is 0.990. The van der Waals surface area contributed by atoms with E-state index in [2.05, 4.69) is 18.3 Å².